The summed E-state index contributed by atoms with van der Waals surface area (Å²) in [5.41, 5.74) is 0.571. The average molecular weight is 349 g/mol. The van der Waals surface area contributed by atoms with Crippen LogP contribution in [-0.2, 0) is 6.42 Å². The van der Waals surface area contributed by atoms with Crippen LogP contribution in [0.3, 0.4) is 0 Å². The van der Waals surface area contributed by atoms with E-state index in [1.807, 2.05) is 0 Å². The number of rotatable bonds is 4. The Balaban J connectivity index is 1.98. The van der Waals surface area contributed by atoms with E-state index in [0.717, 1.165) is 6.07 Å². The second kappa shape index (κ2) is 6.25. The Morgan fingerprint density at radius 2 is 1.84 bits per heavy atom. The number of nitrogens with zero attached hydrogens (tertiary/aromatic N) is 2. The molecule has 19 heavy (non-hydrogen) atoms. The van der Waals surface area contributed by atoms with Gasteiger partial charge in [-0.25, -0.2) is 18.7 Å². The van der Waals surface area contributed by atoms with Crippen LogP contribution in [0.1, 0.15) is 5.56 Å². The Morgan fingerprint density at radius 3 is 2.53 bits per heavy atom. The van der Waals surface area contributed by atoms with Gasteiger partial charge in [-0.2, -0.15) is 0 Å². The Kier molecular flexibility index (Phi) is 4.66. The summed E-state index contributed by atoms with van der Waals surface area (Å²) in [6.07, 6.45) is 1.79. The fourth-order valence-corrected chi connectivity index (χ4v) is 2.03. The zero-order chi connectivity index (χ0) is 13.8. The van der Waals surface area contributed by atoms with Crippen LogP contribution in [0.25, 0.3) is 0 Å². The lowest BCUT2D eigenvalue weighted by molar-refractivity contribution is 0.580. The van der Waals surface area contributed by atoms with Crippen LogP contribution in [-0.4, -0.2) is 16.5 Å². The minimum absolute atomic E-state index is 0.300. The van der Waals surface area contributed by atoms with Crippen molar-refractivity contribution in [1.82, 2.24) is 9.97 Å². The highest BCUT2D eigenvalue weighted by atomic mass is 79.9. The Bertz CT molecular complexity index is 575. The molecule has 2 aromatic rings. The molecule has 0 unspecified atom stereocenters. The quantitative estimate of drug-likeness (QED) is 0.854. The predicted octanol–water partition coefficient (Wildman–Crippen LogP) is 3.83. The van der Waals surface area contributed by atoms with Crippen molar-refractivity contribution in [3.63, 3.8) is 0 Å². The molecule has 0 amide bonds. The van der Waals surface area contributed by atoms with E-state index in [0.29, 0.717) is 34.0 Å². The largest absolute Gasteiger partial charge is 0.369 e. The normalized spacial score (nSPS) is 10.5. The molecular weight excluding hydrogens is 340 g/mol. The van der Waals surface area contributed by atoms with E-state index < -0.39 is 11.6 Å². The second-order valence-electron chi connectivity index (χ2n) is 3.78. The monoisotopic (exact) mass is 347 g/mol. The predicted molar refractivity (Wildman–Crippen MR) is 73.3 cm³/mol. The molecule has 0 aliphatic heterocycles. The summed E-state index contributed by atoms with van der Waals surface area (Å²) in [6.45, 7) is 0.467. The van der Waals surface area contributed by atoms with E-state index in [1.54, 1.807) is 0 Å². The van der Waals surface area contributed by atoms with Crippen molar-refractivity contribution in [2.45, 2.75) is 6.42 Å². The molecule has 0 saturated heterocycles. The smallest absolute Gasteiger partial charge is 0.148 e. The maximum Gasteiger partial charge on any atom is 0.148 e. The van der Waals surface area contributed by atoms with Crippen molar-refractivity contribution in [1.29, 1.82) is 0 Å². The summed E-state index contributed by atoms with van der Waals surface area (Å²) >= 11 is 9.06. The molecule has 3 nitrogen and oxygen atoms in total. The molecular formula is C12H9BrClF2N3. The zero-order valence-corrected chi connectivity index (χ0v) is 12.0. The van der Waals surface area contributed by atoms with Gasteiger partial charge in [0, 0.05) is 12.6 Å². The third-order valence-electron chi connectivity index (χ3n) is 2.38. The van der Waals surface area contributed by atoms with E-state index in [9.17, 15) is 8.78 Å². The molecule has 1 aromatic carbocycles. The zero-order valence-electron chi connectivity index (χ0n) is 9.63. The number of hydrogen-bond donors (Lipinski definition) is 1. The third kappa shape index (κ3) is 3.84. The SMILES string of the molecule is Fc1cc(F)cc(CCNc2ncnc(Cl)c2Br)c1. The summed E-state index contributed by atoms with van der Waals surface area (Å²) in [5, 5.41) is 3.31. The summed E-state index contributed by atoms with van der Waals surface area (Å²) in [5.74, 6) is -0.626. The number of halogens is 4. The van der Waals surface area contributed by atoms with Crippen LogP contribution in [0, 0.1) is 11.6 Å². The summed E-state index contributed by atoms with van der Waals surface area (Å²) in [4.78, 5) is 7.80. The third-order valence-corrected chi connectivity index (χ3v) is 3.64. The minimum Gasteiger partial charge on any atom is -0.369 e. The highest BCUT2D eigenvalue weighted by molar-refractivity contribution is 9.10. The van der Waals surface area contributed by atoms with Gasteiger partial charge in [0.05, 0.1) is 4.47 Å². The minimum atomic E-state index is -0.582. The van der Waals surface area contributed by atoms with E-state index in [1.165, 1.54) is 18.5 Å². The molecule has 0 spiro atoms. The van der Waals surface area contributed by atoms with Crippen molar-refractivity contribution >= 4 is 33.3 Å². The van der Waals surface area contributed by atoms with E-state index >= 15 is 0 Å². The lowest BCUT2D eigenvalue weighted by Crippen LogP contribution is -2.07. The van der Waals surface area contributed by atoms with E-state index in [4.69, 9.17) is 11.6 Å². The highest BCUT2D eigenvalue weighted by Gasteiger charge is 2.06. The first-order valence-corrected chi connectivity index (χ1v) is 6.58. The number of benzene rings is 1. The summed E-state index contributed by atoms with van der Waals surface area (Å²) in [6, 6.07) is 3.44. The van der Waals surface area contributed by atoms with Crippen molar-refractivity contribution in [2.75, 3.05) is 11.9 Å². The van der Waals surface area contributed by atoms with Gasteiger partial charge in [-0.3, -0.25) is 0 Å². The van der Waals surface area contributed by atoms with Crippen LogP contribution in [0.4, 0.5) is 14.6 Å². The van der Waals surface area contributed by atoms with Gasteiger partial charge in [-0.15, -0.1) is 0 Å². The maximum atomic E-state index is 13.0. The Morgan fingerprint density at radius 1 is 1.16 bits per heavy atom. The lowest BCUT2D eigenvalue weighted by atomic mass is 10.1. The fourth-order valence-electron chi connectivity index (χ4n) is 1.55. The van der Waals surface area contributed by atoms with Gasteiger partial charge in [0.1, 0.15) is 28.9 Å². The Labute approximate surface area is 122 Å². The molecule has 1 N–H and O–H groups in total. The van der Waals surface area contributed by atoms with Crippen LogP contribution < -0.4 is 5.32 Å². The van der Waals surface area contributed by atoms with Gasteiger partial charge in [0.25, 0.3) is 0 Å². The van der Waals surface area contributed by atoms with Crippen LogP contribution >= 0.6 is 27.5 Å². The molecule has 0 fully saturated rings. The van der Waals surface area contributed by atoms with Gasteiger partial charge in [0.15, 0.2) is 0 Å². The van der Waals surface area contributed by atoms with Gasteiger partial charge >= 0.3 is 0 Å². The maximum absolute atomic E-state index is 13.0. The van der Waals surface area contributed by atoms with Gasteiger partial charge < -0.3 is 5.32 Å². The number of nitrogens with one attached hydrogen (secondary N) is 1. The summed E-state index contributed by atoms with van der Waals surface area (Å²) in [7, 11) is 0. The Hall–Kier alpha value is -1.27. The average Bonchev–Trinajstić information content (AvgIpc) is 2.33. The molecule has 0 saturated carbocycles. The molecule has 1 heterocycles. The van der Waals surface area contributed by atoms with Crippen molar-refractivity contribution < 1.29 is 8.78 Å². The van der Waals surface area contributed by atoms with Gasteiger partial charge in [0.2, 0.25) is 0 Å². The molecule has 0 aliphatic carbocycles. The molecule has 1 aromatic heterocycles. The molecule has 0 aliphatic rings. The van der Waals surface area contributed by atoms with Crippen molar-refractivity contribution in [2.24, 2.45) is 0 Å². The van der Waals surface area contributed by atoms with Crippen LogP contribution in [0.2, 0.25) is 5.15 Å². The van der Waals surface area contributed by atoms with Crippen molar-refractivity contribution in [3.05, 3.63) is 51.4 Å². The number of anilines is 1. The molecule has 7 heteroatoms. The second-order valence-corrected chi connectivity index (χ2v) is 4.93. The summed E-state index contributed by atoms with van der Waals surface area (Å²) < 4.78 is 26.5. The molecule has 0 radical (unpaired) electrons. The highest BCUT2D eigenvalue weighted by Crippen LogP contribution is 2.25. The van der Waals surface area contributed by atoms with E-state index in [-0.39, 0.29) is 0 Å². The van der Waals surface area contributed by atoms with Crippen LogP contribution in [0.15, 0.2) is 29.0 Å². The van der Waals surface area contributed by atoms with E-state index in [2.05, 4.69) is 31.2 Å². The molecule has 0 atom stereocenters. The topological polar surface area (TPSA) is 37.8 Å². The lowest BCUT2D eigenvalue weighted by Gasteiger charge is -2.08. The first kappa shape index (κ1) is 14.1. The molecule has 0 bridgehead atoms. The molecule has 2 rings (SSSR count). The number of hydrogen-bond acceptors (Lipinski definition) is 3. The van der Waals surface area contributed by atoms with Gasteiger partial charge in [-0.05, 0) is 40.0 Å². The first-order valence-electron chi connectivity index (χ1n) is 5.41. The standard InChI is InChI=1S/C12H9BrClF2N3/c13-10-11(14)18-6-19-12(10)17-2-1-7-3-8(15)5-9(16)4-7/h3-6H,1-2H2,(H,17,18,19). The molecule has 100 valence electrons. The van der Waals surface area contributed by atoms with Crippen LogP contribution in [0.5, 0.6) is 0 Å². The van der Waals surface area contributed by atoms with Crippen molar-refractivity contribution in [3.8, 4) is 0 Å². The van der Waals surface area contributed by atoms with Gasteiger partial charge in [-0.1, -0.05) is 11.6 Å². The number of aromatic nitrogens is 2. The first-order chi connectivity index (χ1) is 9.06. The fraction of sp³-hybridized carbons (Fsp3) is 0.167.